The topological polar surface area (TPSA) is 31.0 Å². The van der Waals surface area contributed by atoms with Crippen molar-refractivity contribution in [1.82, 2.24) is 0 Å². The molecule has 1 saturated heterocycles. The lowest BCUT2D eigenvalue weighted by Crippen LogP contribution is -2.47. The van der Waals surface area contributed by atoms with Crippen molar-refractivity contribution < 1.29 is 14.2 Å². The largest absolute Gasteiger partial charge is 0.360 e. The smallest absolute Gasteiger partial charge is 0.227 e. The quantitative estimate of drug-likeness (QED) is 0.290. The molecular weight excluding hydrogens is 300 g/mol. The lowest BCUT2D eigenvalue weighted by Gasteiger charge is -2.37. The number of hydrogen-bond donors (Lipinski definition) is 0. The summed E-state index contributed by atoms with van der Waals surface area (Å²) in [6.07, 6.45) is 9.74. The molecule has 0 radical (unpaired) electrons. The van der Waals surface area contributed by atoms with E-state index in [1.807, 2.05) is 18.2 Å². The third kappa shape index (κ3) is 3.68. The molecule has 1 fully saturated rings. The summed E-state index contributed by atoms with van der Waals surface area (Å²) in [5.41, 5.74) is 0.675. The molecule has 1 heterocycles. The summed E-state index contributed by atoms with van der Waals surface area (Å²) in [7, 11) is 3.46. The van der Waals surface area contributed by atoms with Crippen LogP contribution in [0.2, 0.25) is 0 Å². The molecule has 0 spiro atoms. The summed E-state index contributed by atoms with van der Waals surface area (Å²) in [4.78, 5) is 0. The second-order valence-corrected chi connectivity index (χ2v) is 6.84. The van der Waals surface area contributed by atoms with Crippen LogP contribution < -0.4 is 0 Å². The van der Waals surface area contributed by atoms with Crippen LogP contribution in [0.5, 0.6) is 0 Å². The third-order valence-corrected chi connectivity index (χ3v) is 5.29. The zero-order valence-electron chi connectivity index (χ0n) is 15.8. The van der Waals surface area contributed by atoms with Crippen LogP contribution in [0.4, 0.5) is 0 Å². The Bertz CT molecular complexity index is 469. The van der Waals surface area contributed by atoms with E-state index in [1.54, 1.807) is 14.2 Å². The van der Waals surface area contributed by atoms with Gasteiger partial charge in [-0.2, -0.15) is 0 Å². The standard InChI is InChI=1S/C21H34O3/c1-5-7-8-9-13-16-19-20(24-19,17-6-2)21(22-3,23-4)18-14-11-10-12-15-18/h10-12,14-15,19H,5-9,13,16-17H2,1-4H3. The maximum atomic E-state index is 6.30. The summed E-state index contributed by atoms with van der Waals surface area (Å²) in [5, 5.41) is 0. The van der Waals surface area contributed by atoms with Crippen molar-refractivity contribution in [3.63, 3.8) is 0 Å². The molecule has 0 aliphatic carbocycles. The molecule has 0 amide bonds. The normalized spacial score (nSPS) is 23.4. The molecule has 0 bridgehead atoms. The van der Waals surface area contributed by atoms with Crippen LogP contribution in [0.15, 0.2) is 30.3 Å². The average molecular weight is 334 g/mol. The van der Waals surface area contributed by atoms with Gasteiger partial charge in [0.25, 0.3) is 0 Å². The maximum absolute atomic E-state index is 6.30. The highest BCUT2D eigenvalue weighted by Gasteiger charge is 2.70. The lowest BCUT2D eigenvalue weighted by atomic mass is 9.83. The predicted octanol–water partition coefficient (Wildman–Crippen LogP) is 5.43. The van der Waals surface area contributed by atoms with Crippen molar-refractivity contribution in [3.8, 4) is 0 Å². The van der Waals surface area contributed by atoms with Crippen molar-refractivity contribution in [2.45, 2.75) is 82.7 Å². The number of hydrogen-bond acceptors (Lipinski definition) is 3. The predicted molar refractivity (Wildman–Crippen MR) is 98.0 cm³/mol. The molecule has 3 nitrogen and oxygen atoms in total. The molecule has 24 heavy (non-hydrogen) atoms. The number of rotatable bonds is 12. The van der Waals surface area contributed by atoms with Crippen LogP contribution in [0.1, 0.15) is 70.8 Å². The fraction of sp³-hybridized carbons (Fsp3) is 0.714. The van der Waals surface area contributed by atoms with E-state index in [2.05, 4.69) is 26.0 Å². The first-order valence-electron chi connectivity index (χ1n) is 9.54. The van der Waals surface area contributed by atoms with Gasteiger partial charge in [0.1, 0.15) is 0 Å². The van der Waals surface area contributed by atoms with E-state index in [-0.39, 0.29) is 11.7 Å². The van der Waals surface area contributed by atoms with E-state index >= 15 is 0 Å². The number of ether oxygens (including phenoxy) is 3. The molecule has 1 aliphatic rings. The summed E-state index contributed by atoms with van der Waals surface area (Å²) in [5.74, 6) is -0.821. The highest BCUT2D eigenvalue weighted by atomic mass is 16.7. The van der Waals surface area contributed by atoms with Gasteiger partial charge in [0.05, 0.1) is 6.10 Å². The van der Waals surface area contributed by atoms with Gasteiger partial charge >= 0.3 is 0 Å². The van der Waals surface area contributed by atoms with Crippen molar-refractivity contribution >= 4 is 0 Å². The van der Waals surface area contributed by atoms with Crippen molar-refractivity contribution in [3.05, 3.63) is 35.9 Å². The van der Waals surface area contributed by atoms with Gasteiger partial charge in [0.15, 0.2) is 5.60 Å². The monoisotopic (exact) mass is 334 g/mol. The van der Waals surface area contributed by atoms with Crippen LogP contribution in [0.25, 0.3) is 0 Å². The first-order valence-corrected chi connectivity index (χ1v) is 9.54. The number of benzene rings is 1. The third-order valence-electron chi connectivity index (χ3n) is 5.29. The zero-order chi connectivity index (χ0) is 17.5. The van der Waals surface area contributed by atoms with Crippen LogP contribution >= 0.6 is 0 Å². The second kappa shape index (κ2) is 8.98. The highest BCUT2D eigenvalue weighted by molar-refractivity contribution is 5.29. The Morgan fingerprint density at radius 3 is 2.21 bits per heavy atom. The summed E-state index contributed by atoms with van der Waals surface area (Å²) in [6, 6.07) is 10.2. The fourth-order valence-corrected chi connectivity index (χ4v) is 4.06. The molecule has 1 aromatic carbocycles. The molecule has 3 heteroatoms. The molecule has 2 rings (SSSR count). The Hall–Kier alpha value is -0.900. The average Bonchev–Trinajstić information content (AvgIpc) is 3.32. The van der Waals surface area contributed by atoms with E-state index in [1.165, 1.54) is 32.1 Å². The van der Waals surface area contributed by atoms with Gasteiger partial charge in [0, 0.05) is 19.8 Å². The first-order chi connectivity index (χ1) is 11.7. The summed E-state index contributed by atoms with van der Waals surface area (Å²) < 4.78 is 18.3. The Balaban J connectivity index is 2.13. The number of unbranched alkanes of at least 4 members (excludes halogenated alkanes) is 4. The number of epoxide rings is 1. The molecule has 0 saturated carbocycles. The molecule has 1 aromatic rings. The Morgan fingerprint density at radius 1 is 0.958 bits per heavy atom. The van der Waals surface area contributed by atoms with Crippen molar-refractivity contribution in [2.24, 2.45) is 0 Å². The first kappa shape index (κ1) is 19.4. The highest BCUT2D eigenvalue weighted by Crippen LogP contribution is 2.57. The maximum Gasteiger partial charge on any atom is 0.227 e. The van der Waals surface area contributed by atoms with E-state index in [4.69, 9.17) is 14.2 Å². The Labute approximate surface area is 147 Å². The number of methoxy groups -OCH3 is 2. The SMILES string of the molecule is CCCCCCCC1OC1(CCC)C(OC)(OC)c1ccccc1. The van der Waals surface area contributed by atoms with E-state index in [9.17, 15) is 0 Å². The second-order valence-electron chi connectivity index (χ2n) is 6.84. The van der Waals surface area contributed by atoms with Crippen LogP contribution in [-0.2, 0) is 20.0 Å². The summed E-state index contributed by atoms with van der Waals surface area (Å²) in [6.45, 7) is 4.45. The molecular formula is C21H34O3. The van der Waals surface area contributed by atoms with Crippen LogP contribution in [-0.4, -0.2) is 25.9 Å². The molecule has 1 aliphatic heterocycles. The van der Waals surface area contributed by atoms with Gasteiger partial charge in [-0.1, -0.05) is 82.7 Å². The molecule has 0 aromatic heterocycles. The molecule has 2 atom stereocenters. The minimum atomic E-state index is -0.821. The van der Waals surface area contributed by atoms with Gasteiger partial charge in [-0.15, -0.1) is 0 Å². The van der Waals surface area contributed by atoms with Gasteiger partial charge in [0.2, 0.25) is 5.79 Å². The molecule has 136 valence electrons. The van der Waals surface area contributed by atoms with Crippen molar-refractivity contribution in [1.29, 1.82) is 0 Å². The van der Waals surface area contributed by atoms with Crippen LogP contribution in [0.3, 0.4) is 0 Å². The Kier molecular flexibility index (Phi) is 7.27. The van der Waals surface area contributed by atoms with E-state index < -0.39 is 5.79 Å². The molecule has 0 N–H and O–H groups in total. The Morgan fingerprint density at radius 2 is 1.62 bits per heavy atom. The van der Waals surface area contributed by atoms with Crippen LogP contribution in [0, 0.1) is 0 Å². The van der Waals surface area contributed by atoms with E-state index in [0.29, 0.717) is 0 Å². The van der Waals surface area contributed by atoms with Gasteiger partial charge < -0.3 is 14.2 Å². The molecule has 2 unspecified atom stereocenters. The van der Waals surface area contributed by atoms with Gasteiger partial charge in [-0.3, -0.25) is 0 Å². The van der Waals surface area contributed by atoms with Gasteiger partial charge in [-0.25, -0.2) is 0 Å². The van der Waals surface area contributed by atoms with Crippen molar-refractivity contribution in [2.75, 3.05) is 14.2 Å². The van der Waals surface area contributed by atoms with Gasteiger partial charge in [-0.05, 0) is 12.8 Å². The fourth-order valence-electron chi connectivity index (χ4n) is 4.06. The lowest BCUT2D eigenvalue weighted by molar-refractivity contribution is -0.257. The minimum absolute atomic E-state index is 0.221. The zero-order valence-corrected chi connectivity index (χ0v) is 15.8. The minimum Gasteiger partial charge on any atom is -0.360 e. The van der Waals surface area contributed by atoms with E-state index in [0.717, 1.165) is 24.8 Å². The summed E-state index contributed by atoms with van der Waals surface area (Å²) >= 11 is 0.